The molecule has 1 aliphatic rings. The second-order valence-corrected chi connectivity index (χ2v) is 5.79. The molecule has 1 saturated heterocycles. The van der Waals surface area contributed by atoms with E-state index in [-0.39, 0.29) is 11.7 Å². The lowest BCUT2D eigenvalue weighted by Gasteiger charge is -2.23. The van der Waals surface area contributed by atoms with Gasteiger partial charge in [-0.3, -0.25) is 0 Å². The quantitative estimate of drug-likeness (QED) is 0.618. The van der Waals surface area contributed by atoms with Gasteiger partial charge < -0.3 is 4.74 Å². The molecule has 0 bridgehead atoms. The highest BCUT2D eigenvalue weighted by Crippen LogP contribution is 2.36. The van der Waals surface area contributed by atoms with Gasteiger partial charge in [-0.05, 0) is 48.1 Å². The van der Waals surface area contributed by atoms with Crippen LogP contribution in [0.15, 0.2) is 36.4 Å². The van der Waals surface area contributed by atoms with E-state index in [4.69, 9.17) is 4.74 Å². The third-order valence-corrected chi connectivity index (χ3v) is 4.12. The van der Waals surface area contributed by atoms with E-state index >= 15 is 0 Å². The maximum atomic E-state index is 13.7. The van der Waals surface area contributed by atoms with Crippen molar-refractivity contribution >= 4 is 0 Å². The highest BCUT2D eigenvalue weighted by Gasteiger charge is 2.37. The molecule has 6 heteroatoms. The summed E-state index contributed by atoms with van der Waals surface area (Å²) in [6.07, 6.45) is -2.06. The first-order valence-electron chi connectivity index (χ1n) is 7.64. The molecule has 1 heterocycles. The maximum Gasteiger partial charge on any atom is 0.422 e. The van der Waals surface area contributed by atoms with E-state index in [1.165, 1.54) is 0 Å². The van der Waals surface area contributed by atoms with Crippen molar-refractivity contribution in [1.82, 2.24) is 0 Å². The van der Waals surface area contributed by atoms with Gasteiger partial charge in [0.2, 0.25) is 0 Å². The largest absolute Gasteiger partial charge is 0.422 e. The molecule has 3 rings (SSSR count). The van der Waals surface area contributed by atoms with Crippen molar-refractivity contribution in [3.8, 4) is 11.1 Å². The lowest BCUT2D eigenvalue weighted by Crippen LogP contribution is -2.12. The molecule has 1 fully saturated rings. The zero-order valence-corrected chi connectivity index (χ0v) is 12.7. The SMILES string of the molecule is Fc1cc(-c2ccc(C3CCCCO3)cc2)cc(F)c1C(F)(F)F. The van der Waals surface area contributed by atoms with Crippen LogP contribution in [0.25, 0.3) is 11.1 Å². The normalized spacial score (nSPS) is 18.6. The van der Waals surface area contributed by atoms with E-state index in [2.05, 4.69) is 0 Å². The average Bonchev–Trinajstić information content (AvgIpc) is 2.54. The standard InChI is InChI=1S/C18H15F5O/c19-14-9-13(10-15(20)17(14)18(21,22)23)11-4-6-12(7-5-11)16-3-1-2-8-24-16/h4-7,9-10,16H,1-3,8H2. The minimum Gasteiger partial charge on any atom is -0.374 e. The molecular formula is C18H15F5O. The van der Waals surface area contributed by atoms with Gasteiger partial charge in [-0.15, -0.1) is 0 Å². The molecule has 2 aromatic carbocycles. The zero-order chi connectivity index (χ0) is 17.3. The van der Waals surface area contributed by atoms with E-state index in [1.807, 2.05) is 0 Å². The summed E-state index contributed by atoms with van der Waals surface area (Å²) in [6, 6.07) is 8.23. The Kier molecular flexibility index (Phi) is 4.58. The molecule has 0 N–H and O–H groups in total. The molecule has 128 valence electrons. The monoisotopic (exact) mass is 342 g/mol. The Balaban J connectivity index is 1.89. The lowest BCUT2D eigenvalue weighted by atomic mass is 9.97. The molecule has 0 radical (unpaired) electrons. The van der Waals surface area contributed by atoms with E-state index in [1.54, 1.807) is 24.3 Å². The third-order valence-electron chi connectivity index (χ3n) is 4.12. The average molecular weight is 342 g/mol. The van der Waals surface area contributed by atoms with Gasteiger partial charge in [0.25, 0.3) is 0 Å². The number of rotatable bonds is 2. The summed E-state index contributed by atoms with van der Waals surface area (Å²) in [7, 11) is 0. The van der Waals surface area contributed by atoms with E-state index < -0.39 is 23.4 Å². The van der Waals surface area contributed by atoms with Crippen molar-refractivity contribution < 1.29 is 26.7 Å². The Hall–Kier alpha value is -1.95. The fraction of sp³-hybridized carbons (Fsp3) is 0.333. The van der Waals surface area contributed by atoms with Gasteiger partial charge in [0.1, 0.15) is 17.2 Å². The second kappa shape index (κ2) is 6.51. The Morgan fingerprint density at radius 1 is 0.875 bits per heavy atom. The fourth-order valence-corrected chi connectivity index (χ4v) is 2.90. The molecule has 0 saturated carbocycles. The maximum absolute atomic E-state index is 13.7. The van der Waals surface area contributed by atoms with Crippen LogP contribution in [-0.2, 0) is 10.9 Å². The fourth-order valence-electron chi connectivity index (χ4n) is 2.90. The summed E-state index contributed by atoms with van der Waals surface area (Å²) < 4.78 is 70.8. The van der Waals surface area contributed by atoms with Crippen molar-refractivity contribution in [2.24, 2.45) is 0 Å². The van der Waals surface area contributed by atoms with Crippen LogP contribution in [-0.4, -0.2) is 6.61 Å². The number of hydrogen-bond acceptors (Lipinski definition) is 1. The molecule has 2 aromatic rings. The van der Waals surface area contributed by atoms with Crippen molar-refractivity contribution in [3.63, 3.8) is 0 Å². The molecule has 0 aromatic heterocycles. The summed E-state index contributed by atoms with van der Waals surface area (Å²) in [6.45, 7) is 0.696. The molecule has 1 atom stereocenters. The van der Waals surface area contributed by atoms with Gasteiger partial charge in [0.15, 0.2) is 0 Å². The second-order valence-electron chi connectivity index (χ2n) is 5.79. The van der Waals surface area contributed by atoms with Crippen LogP contribution in [0.3, 0.4) is 0 Å². The number of ether oxygens (including phenoxy) is 1. The highest BCUT2D eigenvalue weighted by atomic mass is 19.4. The minimum absolute atomic E-state index is 0.00567. The van der Waals surface area contributed by atoms with Crippen LogP contribution in [0, 0.1) is 11.6 Å². The summed E-state index contributed by atoms with van der Waals surface area (Å²) in [5, 5.41) is 0. The van der Waals surface area contributed by atoms with Crippen LogP contribution >= 0.6 is 0 Å². The van der Waals surface area contributed by atoms with Crippen LogP contribution in [0.1, 0.15) is 36.5 Å². The van der Waals surface area contributed by atoms with E-state index in [0.29, 0.717) is 24.3 Å². The molecule has 24 heavy (non-hydrogen) atoms. The Bertz CT molecular complexity index is 692. The summed E-state index contributed by atoms with van der Waals surface area (Å²) in [4.78, 5) is 0. The minimum atomic E-state index is -5.06. The third kappa shape index (κ3) is 3.43. The first-order valence-corrected chi connectivity index (χ1v) is 7.64. The number of halogens is 5. The van der Waals surface area contributed by atoms with E-state index in [9.17, 15) is 22.0 Å². The Morgan fingerprint density at radius 3 is 2.00 bits per heavy atom. The molecule has 1 nitrogen and oxygen atoms in total. The number of hydrogen-bond donors (Lipinski definition) is 0. The molecule has 0 amide bonds. The molecule has 0 aliphatic carbocycles. The Labute approximate surface area is 136 Å². The summed E-state index contributed by atoms with van der Waals surface area (Å²) in [5.74, 6) is -3.23. The van der Waals surface area contributed by atoms with Crippen molar-refractivity contribution in [1.29, 1.82) is 0 Å². The predicted octanol–water partition coefficient (Wildman–Crippen LogP) is 5.89. The van der Waals surface area contributed by atoms with Gasteiger partial charge >= 0.3 is 6.18 Å². The lowest BCUT2D eigenvalue weighted by molar-refractivity contribution is -0.142. The van der Waals surface area contributed by atoms with Gasteiger partial charge in [0, 0.05) is 6.61 Å². The zero-order valence-electron chi connectivity index (χ0n) is 12.7. The van der Waals surface area contributed by atoms with Crippen LogP contribution < -0.4 is 0 Å². The van der Waals surface area contributed by atoms with Gasteiger partial charge in [0.05, 0.1) is 6.10 Å². The van der Waals surface area contributed by atoms with Crippen molar-refractivity contribution in [2.75, 3.05) is 6.61 Å². The topological polar surface area (TPSA) is 9.23 Å². The molecule has 1 aliphatic heterocycles. The molecule has 0 spiro atoms. The van der Waals surface area contributed by atoms with Crippen LogP contribution in [0.2, 0.25) is 0 Å². The molecule has 1 unspecified atom stereocenters. The first-order chi connectivity index (χ1) is 11.4. The van der Waals surface area contributed by atoms with Gasteiger partial charge in [-0.25, -0.2) is 8.78 Å². The van der Waals surface area contributed by atoms with Crippen LogP contribution in [0.5, 0.6) is 0 Å². The Morgan fingerprint density at radius 2 is 1.50 bits per heavy atom. The number of benzene rings is 2. The predicted molar refractivity (Wildman–Crippen MR) is 79.3 cm³/mol. The van der Waals surface area contributed by atoms with Gasteiger partial charge in [-0.2, -0.15) is 13.2 Å². The summed E-state index contributed by atoms with van der Waals surface area (Å²) >= 11 is 0. The van der Waals surface area contributed by atoms with E-state index in [0.717, 1.165) is 24.8 Å². The first kappa shape index (κ1) is 16.9. The summed E-state index contributed by atoms with van der Waals surface area (Å²) in [5.41, 5.74) is -0.403. The van der Waals surface area contributed by atoms with Crippen LogP contribution in [0.4, 0.5) is 22.0 Å². The molecular weight excluding hydrogens is 327 g/mol. The van der Waals surface area contributed by atoms with Crippen molar-refractivity contribution in [2.45, 2.75) is 31.5 Å². The van der Waals surface area contributed by atoms with Crippen molar-refractivity contribution in [3.05, 3.63) is 59.2 Å². The number of alkyl halides is 3. The smallest absolute Gasteiger partial charge is 0.374 e. The highest BCUT2D eigenvalue weighted by molar-refractivity contribution is 5.64. The van der Waals surface area contributed by atoms with Gasteiger partial charge in [-0.1, -0.05) is 24.3 Å².